The SMILES string of the molecule is COc1ccc(C(C)Nc2cc(C#N)ccc2C)cc1F. The molecule has 0 heterocycles. The predicted octanol–water partition coefficient (Wildman–Crippen LogP) is 4.19. The molecule has 0 aliphatic heterocycles. The second-order valence-electron chi connectivity index (χ2n) is 4.90. The van der Waals surface area contributed by atoms with Crippen molar-refractivity contribution in [3.8, 4) is 11.8 Å². The van der Waals surface area contributed by atoms with E-state index in [1.165, 1.54) is 13.2 Å². The minimum atomic E-state index is -0.383. The molecule has 0 saturated heterocycles. The summed E-state index contributed by atoms with van der Waals surface area (Å²) in [5.41, 5.74) is 3.32. The van der Waals surface area contributed by atoms with Gasteiger partial charge in [0.1, 0.15) is 0 Å². The molecule has 2 rings (SSSR count). The van der Waals surface area contributed by atoms with Crippen LogP contribution in [-0.2, 0) is 0 Å². The Morgan fingerprint density at radius 3 is 2.62 bits per heavy atom. The number of hydrogen-bond acceptors (Lipinski definition) is 3. The van der Waals surface area contributed by atoms with Crippen molar-refractivity contribution in [2.24, 2.45) is 0 Å². The molecule has 0 aromatic heterocycles. The number of anilines is 1. The number of ether oxygens (including phenoxy) is 1. The van der Waals surface area contributed by atoms with E-state index in [-0.39, 0.29) is 17.6 Å². The summed E-state index contributed by atoms with van der Waals surface area (Å²) in [5, 5.41) is 12.3. The summed E-state index contributed by atoms with van der Waals surface area (Å²) in [6.07, 6.45) is 0. The zero-order valence-corrected chi connectivity index (χ0v) is 12.3. The van der Waals surface area contributed by atoms with Crippen LogP contribution in [0.2, 0.25) is 0 Å². The Morgan fingerprint density at radius 1 is 1.24 bits per heavy atom. The third kappa shape index (κ3) is 3.32. The first kappa shape index (κ1) is 14.9. The molecular formula is C17H17FN2O. The van der Waals surface area contributed by atoms with Gasteiger partial charge in [-0.3, -0.25) is 0 Å². The van der Waals surface area contributed by atoms with Crippen molar-refractivity contribution >= 4 is 5.69 Å². The van der Waals surface area contributed by atoms with Gasteiger partial charge >= 0.3 is 0 Å². The van der Waals surface area contributed by atoms with Crippen LogP contribution < -0.4 is 10.1 Å². The highest BCUT2D eigenvalue weighted by Gasteiger charge is 2.11. The van der Waals surface area contributed by atoms with Gasteiger partial charge in [0.05, 0.1) is 18.7 Å². The minimum absolute atomic E-state index is 0.0851. The molecule has 0 saturated carbocycles. The standard InChI is InChI=1S/C17H17FN2O/c1-11-4-5-13(10-19)8-16(11)20-12(2)14-6-7-17(21-3)15(18)9-14/h4-9,12,20H,1-3H3. The molecule has 0 aliphatic rings. The lowest BCUT2D eigenvalue weighted by Gasteiger charge is -2.18. The van der Waals surface area contributed by atoms with E-state index in [2.05, 4.69) is 11.4 Å². The lowest BCUT2D eigenvalue weighted by molar-refractivity contribution is 0.386. The number of halogens is 1. The molecule has 0 bridgehead atoms. The maximum atomic E-state index is 13.8. The van der Waals surface area contributed by atoms with Gasteiger partial charge in [0.2, 0.25) is 0 Å². The van der Waals surface area contributed by atoms with Crippen LogP contribution in [0.3, 0.4) is 0 Å². The molecule has 108 valence electrons. The molecule has 0 spiro atoms. The van der Waals surface area contributed by atoms with E-state index < -0.39 is 0 Å². The van der Waals surface area contributed by atoms with Gasteiger partial charge in [0, 0.05) is 11.7 Å². The fourth-order valence-electron chi connectivity index (χ4n) is 2.12. The van der Waals surface area contributed by atoms with Crippen molar-refractivity contribution in [2.75, 3.05) is 12.4 Å². The highest BCUT2D eigenvalue weighted by atomic mass is 19.1. The predicted molar refractivity (Wildman–Crippen MR) is 80.9 cm³/mol. The van der Waals surface area contributed by atoms with Crippen molar-refractivity contribution in [1.82, 2.24) is 0 Å². The number of nitrogens with zero attached hydrogens (tertiary/aromatic N) is 1. The summed E-state index contributed by atoms with van der Waals surface area (Å²) in [5.74, 6) is -0.153. The molecule has 0 amide bonds. The van der Waals surface area contributed by atoms with Crippen LogP contribution >= 0.6 is 0 Å². The number of nitrogens with one attached hydrogen (secondary N) is 1. The Balaban J connectivity index is 2.24. The first-order valence-electron chi connectivity index (χ1n) is 6.66. The molecule has 1 unspecified atom stereocenters. The normalized spacial score (nSPS) is 11.6. The van der Waals surface area contributed by atoms with E-state index in [1.54, 1.807) is 18.2 Å². The van der Waals surface area contributed by atoms with Gasteiger partial charge in [0.25, 0.3) is 0 Å². The number of aryl methyl sites for hydroxylation is 1. The molecular weight excluding hydrogens is 267 g/mol. The maximum Gasteiger partial charge on any atom is 0.165 e. The fraction of sp³-hybridized carbons (Fsp3) is 0.235. The Kier molecular flexibility index (Phi) is 4.44. The maximum absolute atomic E-state index is 13.8. The molecule has 1 N–H and O–H groups in total. The van der Waals surface area contributed by atoms with Crippen molar-refractivity contribution in [3.63, 3.8) is 0 Å². The summed E-state index contributed by atoms with van der Waals surface area (Å²) >= 11 is 0. The molecule has 0 fully saturated rings. The molecule has 21 heavy (non-hydrogen) atoms. The molecule has 3 nitrogen and oxygen atoms in total. The van der Waals surface area contributed by atoms with Gasteiger partial charge in [-0.25, -0.2) is 4.39 Å². The number of nitriles is 1. The van der Waals surface area contributed by atoms with Crippen LogP contribution in [0.4, 0.5) is 10.1 Å². The smallest absolute Gasteiger partial charge is 0.165 e. The molecule has 2 aromatic carbocycles. The third-order valence-corrected chi connectivity index (χ3v) is 3.41. The first-order chi connectivity index (χ1) is 10.0. The van der Waals surface area contributed by atoms with E-state index in [0.29, 0.717) is 5.56 Å². The topological polar surface area (TPSA) is 45.0 Å². The summed E-state index contributed by atoms with van der Waals surface area (Å²) in [7, 11) is 1.44. The van der Waals surface area contributed by atoms with Crippen LogP contribution in [-0.4, -0.2) is 7.11 Å². The fourth-order valence-corrected chi connectivity index (χ4v) is 2.12. The monoisotopic (exact) mass is 284 g/mol. The average Bonchev–Trinajstić information content (AvgIpc) is 2.49. The van der Waals surface area contributed by atoms with E-state index in [0.717, 1.165) is 16.8 Å². The largest absolute Gasteiger partial charge is 0.494 e. The Bertz CT molecular complexity index is 692. The first-order valence-corrected chi connectivity index (χ1v) is 6.66. The highest BCUT2D eigenvalue weighted by Crippen LogP contribution is 2.26. The zero-order valence-electron chi connectivity index (χ0n) is 12.3. The Morgan fingerprint density at radius 2 is 2.00 bits per heavy atom. The minimum Gasteiger partial charge on any atom is -0.494 e. The van der Waals surface area contributed by atoms with Crippen molar-refractivity contribution in [1.29, 1.82) is 5.26 Å². The molecule has 2 aromatic rings. The van der Waals surface area contributed by atoms with Gasteiger partial charge in [-0.05, 0) is 49.2 Å². The van der Waals surface area contributed by atoms with Gasteiger partial charge in [0.15, 0.2) is 11.6 Å². The van der Waals surface area contributed by atoms with Crippen LogP contribution in [0.25, 0.3) is 0 Å². The summed E-state index contributed by atoms with van der Waals surface area (Å²) in [6, 6.07) is 12.4. The van der Waals surface area contributed by atoms with Crippen LogP contribution in [0.5, 0.6) is 5.75 Å². The number of methoxy groups -OCH3 is 1. The molecule has 0 aliphatic carbocycles. The van der Waals surface area contributed by atoms with Gasteiger partial charge in [-0.15, -0.1) is 0 Å². The van der Waals surface area contributed by atoms with Crippen molar-refractivity contribution in [2.45, 2.75) is 19.9 Å². The molecule has 4 heteroatoms. The van der Waals surface area contributed by atoms with E-state index in [9.17, 15) is 4.39 Å². The zero-order chi connectivity index (χ0) is 15.4. The third-order valence-electron chi connectivity index (χ3n) is 3.41. The van der Waals surface area contributed by atoms with Crippen LogP contribution in [0.15, 0.2) is 36.4 Å². The quantitative estimate of drug-likeness (QED) is 0.915. The summed E-state index contributed by atoms with van der Waals surface area (Å²) in [4.78, 5) is 0. The van der Waals surface area contributed by atoms with E-state index >= 15 is 0 Å². The molecule has 0 radical (unpaired) electrons. The van der Waals surface area contributed by atoms with E-state index in [4.69, 9.17) is 10.00 Å². The second kappa shape index (κ2) is 6.27. The number of rotatable bonds is 4. The average molecular weight is 284 g/mol. The highest BCUT2D eigenvalue weighted by molar-refractivity contribution is 5.56. The summed E-state index contributed by atoms with van der Waals surface area (Å²) < 4.78 is 18.7. The van der Waals surface area contributed by atoms with Crippen LogP contribution in [0.1, 0.15) is 29.7 Å². The lowest BCUT2D eigenvalue weighted by Crippen LogP contribution is -2.08. The van der Waals surface area contributed by atoms with E-state index in [1.807, 2.05) is 26.0 Å². The second-order valence-corrected chi connectivity index (χ2v) is 4.90. The summed E-state index contributed by atoms with van der Waals surface area (Å²) in [6.45, 7) is 3.91. The molecule has 1 atom stereocenters. The van der Waals surface area contributed by atoms with Crippen molar-refractivity contribution in [3.05, 3.63) is 58.9 Å². The van der Waals surface area contributed by atoms with Gasteiger partial charge in [-0.1, -0.05) is 12.1 Å². The van der Waals surface area contributed by atoms with Gasteiger partial charge < -0.3 is 10.1 Å². The lowest BCUT2D eigenvalue weighted by atomic mass is 10.1. The van der Waals surface area contributed by atoms with Gasteiger partial charge in [-0.2, -0.15) is 5.26 Å². The Hall–Kier alpha value is -2.54. The van der Waals surface area contributed by atoms with Crippen molar-refractivity contribution < 1.29 is 9.13 Å². The number of benzene rings is 2. The number of hydrogen-bond donors (Lipinski definition) is 1. The van der Waals surface area contributed by atoms with Crippen LogP contribution in [0, 0.1) is 24.1 Å². The Labute approximate surface area is 124 Å².